The molecule has 1 fully saturated rings. The summed E-state index contributed by atoms with van der Waals surface area (Å²) in [5, 5.41) is 3.82. The zero-order valence-electron chi connectivity index (χ0n) is 14.8. The van der Waals surface area contributed by atoms with Crippen LogP contribution in [-0.2, 0) is 4.79 Å². The molecule has 9 heteroatoms. The molecule has 1 amide bonds. The minimum absolute atomic E-state index is 0.0184. The van der Waals surface area contributed by atoms with Gasteiger partial charge in [0.25, 0.3) is 5.56 Å². The van der Waals surface area contributed by atoms with Gasteiger partial charge in [-0.05, 0) is 37.3 Å². The van der Waals surface area contributed by atoms with Crippen LogP contribution in [0.5, 0.6) is 0 Å². The number of nitrogens with one attached hydrogen (secondary N) is 2. The highest BCUT2D eigenvalue weighted by atomic mass is 32.2. The second kappa shape index (κ2) is 7.69. The zero-order valence-corrected chi connectivity index (χ0v) is 16.4. The second-order valence-corrected chi connectivity index (χ2v) is 8.22. The minimum atomic E-state index is -0.162. The molecule has 1 aliphatic rings. The van der Waals surface area contributed by atoms with Gasteiger partial charge in [0.05, 0.1) is 6.33 Å². The quantitative estimate of drug-likeness (QED) is 0.653. The van der Waals surface area contributed by atoms with Crippen molar-refractivity contribution in [1.29, 1.82) is 0 Å². The van der Waals surface area contributed by atoms with E-state index in [1.165, 1.54) is 17.7 Å². The number of nitrogens with zero attached hydrogens (tertiary/aromatic N) is 3. The number of fused-ring (bicyclic) bond motifs is 1. The summed E-state index contributed by atoms with van der Waals surface area (Å²) in [5.74, 6) is 0.0467. The number of rotatable bonds is 4. The molecular weight excluding hydrogens is 382 g/mol. The van der Waals surface area contributed by atoms with Crippen molar-refractivity contribution in [3.8, 4) is 0 Å². The minimum Gasteiger partial charge on any atom is -0.348 e. The van der Waals surface area contributed by atoms with Gasteiger partial charge in [-0.3, -0.25) is 9.59 Å². The number of hydrogen-bond acceptors (Lipinski definition) is 7. The fraction of sp³-hybridized carbons (Fsp3) is 0.333. The lowest BCUT2D eigenvalue weighted by atomic mass is 9.96. The Hall–Kier alpha value is -2.39. The SMILES string of the molecule is CSc1cccc(NC(=O)C2CCN(c3nc4nc[nH]c(=O)c4s3)CC2)c1. The third-order valence-electron chi connectivity index (χ3n) is 4.66. The lowest BCUT2D eigenvalue weighted by Gasteiger charge is -2.30. The summed E-state index contributed by atoms with van der Waals surface area (Å²) in [6, 6.07) is 7.88. The molecule has 4 rings (SSSR count). The van der Waals surface area contributed by atoms with Crippen LogP contribution in [0, 0.1) is 5.92 Å². The number of carbonyl (C=O) groups excluding carboxylic acids is 1. The fourth-order valence-corrected chi connectivity index (χ4v) is 4.59. The first-order chi connectivity index (χ1) is 13.1. The average molecular weight is 402 g/mol. The van der Waals surface area contributed by atoms with Crippen LogP contribution in [0.2, 0.25) is 0 Å². The number of amides is 1. The van der Waals surface area contributed by atoms with Crippen LogP contribution in [0.3, 0.4) is 0 Å². The molecule has 1 aliphatic heterocycles. The molecule has 0 unspecified atom stereocenters. The van der Waals surface area contributed by atoms with Crippen LogP contribution < -0.4 is 15.8 Å². The molecule has 0 saturated carbocycles. The van der Waals surface area contributed by atoms with Crippen molar-refractivity contribution >= 4 is 50.2 Å². The predicted octanol–water partition coefficient (Wildman–Crippen LogP) is 2.96. The Bertz CT molecular complexity index is 1020. The zero-order chi connectivity index (χ0) is 18.8. The highest BCUT2D eigenvalue weighted by Gasteiger charge is 2.27. The maximum atomic E-state index is 12.6. The number of aromatic amines is 1. The van der Waals surface area contributed by atoms with E-state index in [9.17, 15) is 9.59 Å². The molecule has 0 spiro atoms. The number of aromatic nitrogens is 3. The van der Waals surface area contributed by atoms with Crippen LogP contribution in [0.25, 0.3) is 10.3 Å². The van der Waals surface area contributed by atoms with Gasteiger partial charge in [-0.1, -0.05) is 17.4 Å². The molecule has 3 heterocycles. The van der Waals surface area contributed by atoms with Crippen molar-refractivity contribution in [2.24, 2.45) is 5.92 Å². The molecule has 27 heavy (non-hydrogen) atoms. The molecule has 0 aliphatic carbocycles. The van der Waals surface area contributed by atoms with E-state index in [-0.39, 0.29) is 17.4 Å². The van der Waals surface area contributed by atoms with Crippen LogP contribution >= 0.6 is 23.1 Å². The summed E-state index contributed by atoms with van der Waals surface area (Å²) in [4.78, 5) is 38.8. The van der Waals surface area contributed by atoms with Crippen molar-refractivity contribution in [2.75, 3.05) is 29.6 Å². The number of hydrogen-bond donors (Lipinski definition) is 2. The molecular formula is C18H19N5O2S2. The molecule has 7 nitrogen and oxygen atoms in total. The Labute approximate surface area is 164 Å². The normalized spacial score (nSPS) is 15.2. The van der Waals surface area contributed by atoms with Crippen LogP contribution in [-0.4, -0.2) is 40.2 Å². The van der Waals surface area contributed by atoms with Gasteiger partial charge in [0.1, 0.15) is 4.70 Å². The van der Waals surface area contributed by atoms with E-state index in [1.54, 1.807) is 11.8 Å². The van der Waals surface area contributed by atoms with Gasteiger partial charge in [-0.25, -0.2) is 4.98 Å². The molecule has 140 valence electrons. The maximum absolute atomic E-state index is 12.6. The largest absolute Gasteiger partial charge is 0.348 e. The number of H-pyrrole nitrogens is 1. The van der Waals surface area contributed by atoms with E-state index in [0.29, 0.717) is 10.3 Å². The standard InChI is InChI=1S/C18H19N5O2S2/c1-26-13-4-2-3-12(9-13)21-16(24)11-5-7-23(8-6-11)18-22-15-14(27-18)17(25)20-10-19-15/h2-4,9-11H,5-8H2,1H3,(H,21,24)(H,19,20,25). The number of thioether (sulfide) groups is 1. The lowest BCUT2D eigenvalue weighted by Crippen LogP contribution is -2.38. The number of carbonyl (C=O) groups is 1. The summed E-state index contributed by atoms with van der Waals surface area (Å²) in [6.45, 7) is 1.47. The fourth-order valence-electron chi connectivity index (χ4n) is 3.17. The number of anilines is 2. The Morgan fingerprint density at radius 2 is 2.19 bits per heavy atom. The summed E-state index contributed by atoms with van der Waals surface area (Å²) in [5.41, 5.74) is 1.16. The third kappa shape index (κ3) is 3.84. The topological polar surface area (TPSA) is 91.0 Å². The lowest BCUT2D eigenvalue weighted by molar-refractivity contribution is -0.120. The maximum Gasteiger partial charge on any atom is 0.270 e. The van der Waals surface area contributed by atoms with Gasteiger partial charge < -0.3 is 15.2 Å². The summed E-state index contributed by atoms with van der Waals surface area (Å²) >= 11 is 3.01. The van der Waals surface area contributed by atoms with Gasteiger partial charge in [0, 0.05) is 29.6 Å². The van der Waals surface area contributed by atoms with E-state index in [4.69, 9.17) is 0 Å². The van der Waals surface area contributed by atoms with Gasteiger partial charge in [0.15, 0.2) is 10.8 Å². The van der Waals surface area contributed by atoms with Crippen molar-refractivity contribution in [3.05, 3.63) is 40.9 Å². The summed E-state index contributed by atoms with van der Waals surface area (Å²) < 4.78 is 0.543. The van der Waals surface area contributed by atoms with Gasteiger partial charge >= 0.3 is 0 Å². The van der Waals surface area contributed by atoms with Crippen molar-refractivity contribution in [1.82, 2.24) is 15.0 Å². The van der Waals surface area contributed by atoms with Crippen LogP contribution in [0.15, 0.2) is 40.3 Å². The molecule has 3 aromatic rings. The van der Waals surface area contributed by atoms with E-state index in [1.807, 2.05) is 30.5 Å². The molecule has 0 radical (unpaired) electrons. The Morgan fingerprint density at radius 3 is 2.93 bits per heavy atom. The van der Waals surface area contributed by atoms with Gasteiger partial charge in [-0.2, -0.15) is 4.98 Å². The monoisotopic (exact) mass is 401 g/mol. The van der Waals surface area contributed by atoms with Crippen molar-refractivity contribution in [2.45, 2.75) is 17.7 Å². The van der Waals surface area contributed by atoms with E-state index in [2.05, 4.69) is 25.2 Å². The van der Waals surface area contributed by atoms with Crippen LogP contribution in [0.4, 0.5) is 10.8 Å². The van der Waals surface area contributed by atoms with E-state index >= 15 is 0 Å². The van der Waals surface area contributed by atoms with Gasteiger partial charge in [0.2, 0.25) is 5.91 Å². The average Bonchev–Trinajstić information content (AvgIpc) is 3.14. The highest BCUT2D eigenvalue weighted by molar-refractivity contribution is 7.98. The Kier molecular flexibility index (Phi) is 5.13. The molecule has 2 N–H and O–H groups in total. The first-order valence-electron chi connectivity index (χ1n) is 8.68. The highest BCUT2D eigenvalue weighted by Crippen LogP contribution is 2.29. The van der Waals surface area contributed by atoms with Crippen molar-refractivity contribution in [3.63, 3.8) is 0 Å². The number of piperidine rings is 1. The van der Waals surface area contributed by atoms with E-state index in [0.717, 1.165) is 41.6 Å². The molecule has 1 saturated heterocycles. The molecule has 1 aromatic carbocycles. The number of benzene rings is 1. The van der Waals surface area contributed by atoms with Crippen LogP contribution in [0.1, 0.15) is 12.8 Å². The smallest absolute Gasteiger partial charge is 0.270 e. The molecule has 0 atom stereocenters. The second-order valence-electron chi connectivity index (χ2n) is 6.36. The first-order valence-corrected chi connectivity index (χ1v) is 10.7. The number of thiazole rings is 1. The Balaban J connectivity index is 1.39. The Morgan fingerprint density at radius 1 is 1.37 bits per heavy atom. The molecule has 0 bridgehead atoms. The van der Waals surface area contributed by atoms with E-state index < -0.39 is 0 Å². The van der Waals surface area contributed by atoms with Crippen molar-refractivity contribution < 1.29 is 4.79 Å². The summed E-state index contributed by atoms with van der Waals surface area (Å²) in [7, 11) is 0. The predicted molar refractivity (Wildman–Crippen MR) is 110 cm³/mol. The first kappa shape index (κ1) is 18.0. The molecule has 2 aromatic heterocycles. The third-order valence-corrected chi connectivity index (χ3v) is 6.49. The van der Waals surface area contributed by atoms with Gasteiger partial charge in [-0.15, -0.1) is 11.8 Å². The summed E-state index contributed by atoms with van der Waals surface area (Å²) in [6.07, 6.45) is 4.90.